The highest BCUT2D eigenvalue weighted by Crippen LogP contribution is 2.02. The monoisotopic (exact) mass is 282 g/mol. The Morgan fingerprint density at radius 2 is 1.95 bits per heavy atom. The normalized spacial score (nSPS) is 10.1. The van der Waals surface area contributed by atoms with Gasteiger partial charge in [-0.1, -0.05) is 6.07 Å². The van der Waals surface area contributed by atoms with Gasteiger partial charge in [-0.3, -0.25) is 9.59 Å². The van der Waals surface area contributed by atoms with Crippen LogP contribution >= 0.6 is 0 Å². The predicted molar refractivity (Wildman–Crippen MR) is 72.7 cm³/mol. The standard InChI is InChI=1S/C14H19FN2O3/c15-12-6-4-5-11(9-12)14(20)17-10-13(19)16-7-2-1-3-8-18/h4-6,9,18H,1-3,7-8,10H2,(H,16,19)(H,17,20). The summed E-state index contributed by atoms with van der Waals surface area (Å²) in [6, 6.07) is 5.27. The SMILES string of the molecule is O=C(CNC(=O)c1cccc(F)c1)NCCCCCO. The van der Waals surface area contributed by atoms with Crippen molar-refractivity contribution in [2.75, 3.05) is 19.7 Å². The number of aliphatic hydroxyl groups is 1. The van der Waals surface area contributed by atoms with Crippen LogP contribution in [0.2, 0.25) is 0 Å². The lowest BCUT2D eigenvalue weighted by Crippen LogP contribution is -2.37. The number of nitrogens with one attached hydrogen (secondary N) is 2. The molecule has 0 saturated carbocycles. The van der Waals surface area contributed by atoms with Crippen molar-refractivity contribution in [3.63, 3.8) is 0 Å². The van der Waals surface area contributed by atoms with Crippen molar-refractivity contribution in [3.8, 4) is 0 Å². The molecule has 0 aromatic heterocycles. The molecule has 1 aromatic rings. The summed E-state index contributed by atoms with van der Waals surface area (Å²) >= 11 is 0. The number of benzene rings is 1. The van der Waals surface area contributed by atoms with Crippen LogP contribution in [-0.2, 0) is 4.79 Å². The van der Waals surface area contributed by atoms with Crippen molar-refractivity contribution in [1.29, 1.82) is 0 Å². The molecule has 6 heteroatoms. The van der Waals surface area contributed by atoms with Gasteiger partial charge in [0.2, 0.25) is 5.91 Å². The fraction of sp³-hybridized carbons (Fsp3) is 0.429. The van der Waals surface area contributed by atoms with E-state index in [0.29, 0.717) is 13.0 Å². The quantitative estimate of drug-likeness (QED) is 0.618. The van der Waals surface area contributed by atoms with Crippen molar-refractivity contribution < 1.29 is 19.1 Å². The highest BCUT2D eigenvalue weighted by Gasteiger charge is 2.08. The summed E-state index contributed by atoms with van der Waals surface area (Å²) in [5.41, 5.74) is 0.181. The smallest absolute Gasteiger partial charge is 0.251 e. The summed E-state index contributed by atoms with van der Waals surface area (Å²) in [6.07, 6.45) is 2.34. The summed E-state index contributed by atoms with van der Waals surface area (Å²) in [4.78, 5) is 23.1. The van der Waals surface area contributed by atoms with Gasteiger partial charge < -0.3 is 15.7 Å². The largest absolute Gasteiger partial charge is 0.396 e. The summed E-state index contributed by atoms with van der Waals surface area (Å²) in [5.74, 6) is -1.27. The highest BCUT2D eigenvalue weighted by molar-refractivity contribution is 5.96. The van der Waals surface area contributed by atoms with E-state index >= 15 is 0 Å². The Morgan fingerprint density at radius 3 is 2.65 bits per heavy atom. The van der Waals surface area contributed by atoms with Gasteiger partial charge in [-0.15, -0.1) is 0 Å². The number of amides is 2. The number of aliphatic hydroxyl groups excluding tert-OH is 1. The lowest BCUT2D eigenvalue weighted by Gasteiger charge is -2.07. The Hall–Kier alpha value is -1.95. The van der Waals surface area contributed by atoms with Crippen LogP contribution in [0.4, 0.5) is 4.39 Å². The first-order valence-corrected chi connectivity index (χ1v) is 6.55. The highest BCUT2D eigenvalue weighted by atomic mass is 19.1. The van der Waals surface area contributed by atoms with Gasteiger partial charge in [-0.05, 0) is 37.5 Å². The zero-order valence-electron chi connectivity index (χ0n) is 11.2. The molecule has 0 aliphatic heterocycles. The minimum absolute atomic E-state index is 0.144. The minimum Gasteiger partial charge on any atom is -0.396 e. The van der Waals surface area contributed by atoms with Gasteiger partial charge in [-0.25, -0.2) is 4.39 Å². The van der Waals surface area contributed by atoms with Gasteiger partial charge in [0, 0.05) is 18.7 Å². The summed E-state index contributed by atoms with van der Waals surface area (Å²) < 4.78 is 12.9. The van der Waals surface area contributed by atoms with E-state index in [0.717, 1.165) is 18.9 Å². The molecule has 5 nitrogen and oxygen atoms in total. The second-order valence-corrected chi connectivity index (χ2v) is 4.33. The van der Waals surface area contributed by atoms with Gasteiger partial charge in [0.25, 0.3) is 5.91 Å². The minimum atomic E-state index is -0.494. The molecule has 0 atom stereocenters. The van der Waals surface area contributed by atoms with Crippen molar-refractivity contribution in [2.24, 2.45) is 0 Å². The Kier molecular flexibility index (Phi) is 7.27. The summed E-state index contributed by atoms with van der Waals surface area (Å²) in [7, 11) is 0. The van der Waals surface area contributed by atoms with Crippen LogP contribution in [-0.4, -0.2) is 36.6 Å². The molecule has 3 N–H and O–H groups in total. The number of hydrogen-bond acceptors (Lipinski definition) is 3. The van der Waals surface area contributed by atoms with Crippen LogP contribution in [0.15, 0.2) is 24.3 Å². The third-order valence-electron chi connectivity index (χ3n) is 2.65. The zero-order chi connectivity index (χ0) is 14.8. The van der Waals surface area contributed by atoms with Crippen LogP contribution in [0.25, 0.3) is 0 Å². The lowest BCUT2D eigenvalue weighted by molar-refractivity contribution is -0.120. The van der Waals surface area contributed by atoms with Crippen LogP contribution in [0, 0.1) is 5.82 Å². The van der Waals surface area contributed by atoms with Gasteiger partial charge in [-0.2, -0.15) is 0 Å². The van der Waals surface area contributed by atoms with Gasteiger partial charge >= 0.3 is 0 Å². The van der Waals surface area contributed by atoms with Crippen molar-refractivity contribution in [3.05, 3.63) is 35.6 Å². The second-order valence-electron chi connectivity index (χ2n) is 4.33. The molecule has 0 heterocycles. The molecule has 0 unspecified atom stereocenters. The molecule has 0 saturated heterocycles. The maximum atomic E-state index is 12.9. The Balaban J connectivity index is 2.22. The van der Waals surface area contributed by atoms with E-state index in [1.54, 1.807) is 0 Å². The number of rotatable bonds is 8. The molecule has 0 aliphatic carbocycles. The molecule has 0 fully saturated rings. The molecule has 0 bridgehead atoms. The molecule has 2 amide bonds. The first-order valence-electron chi connectivity index (χ1n) is 6.55. The van der Waals surface area contributed by atoms with Crippen LogP contribution in [0.1, 0.15) is 29.6 Å². The Bertz CT molecular complexity index is 452. The van der Waals surface area contributed by atoms with Crippen LogP contribution < -0.4 is 10.6 Å². The van der Waals surface area contributed by atoms with E-state index in [9.17, 15) is 14.0 Å². The van der Waals surface area contributed by atoms with Gasteiger partial charge in [0.15, 0.2) is 0 Å². The molecule has 1 rings (SSSR count). The van der Waals surface area contributed by atoms with Crippen molar-refractivity contribution in [2.45, 2.75) is 19.3 Å². The first kappa shape index (κ1) is 16.1. The van der Waals surface area contributed by atoms with E-state index in [4.69, 9.17) is 5.11 Å². The fourth-order valence-corrected chi connectivity index (χ4v) is 1.60. The number of halogens is 1. The van der Waals surface area contributed by atoms with Crippen molar-refractivity contribution in [1.82, 2.24) is 10.6 Å². The van der Waals surface area contributed by atoms with E-state index in [1.165, 1.54) is 18.2 Å². The third-order valence-corrected chi connectivity index (χ3v) is 2.65. The number of carbonyl (C=O) groups excluding carboxylic acids is 2. The van der Waals surface area contributed by atoms with Gasteiger partial charge in [0.05, 0.1) is 6.54 Å². The maximum absolute atomic E-state index is 12.9. The molecular formula is C14H19FN2O3. The van der Waals surface area contributed by atoms with Gasteiger partial charge in [0.1, 0.15) is 5.82 Å². The molecule has 0 aliphatic rings. The van der Waals surface area contributed by atoms with Crippen molar-refractivity contribution >= 4 is 11.8 Å². The average Bonchev–Trinajstić information content (AvgIpc) is 2.44. The topological polar surface area (TPSA) is 78.4 Å². The second kappa shape index (κ2) is 9.03. The first-order chi connectivity index (χ1) is 9.63. The number of carbonyl (C=O) groups is 2. The lowest BCUT2D eigenvalue weighted by atomic mass is 10.2. The Morgan fingerprint density at radius 1 is 1.15 bits per heavy atom. The van der Waals surface area contributed by atoms with E-state index in [1.807, 2.05) is 0 Å². The molecule has 0 radical (unpaired) electrons. The van der Waals surface area contributed by atoms with Crippen LogP contribution in [0.3, 0.4) is 0 Å². The summed E-state index contributed by atoms with van der Waals surface area (Å²) in [6.45, 7) is 0.516. The number of hydrogen-bond donors (Lipinski definition) is 3. The fourth-order valence-electron chi connectivity index (χ4n) is 1.60. The molecule has 110 valence electrons. The predicted octanol–water partition coefficient (Wildman–Crippen LogP) is 0.834. The molecule has 1 aromatic carbocycles. The Labute approximate surface area is 117 Å². The van der Waals surface area contributed by atoms with E-state index in [2.05, 4.69) is 10.6 Å². The van der Waals surface area contributed by atoms with E-state index < -0.39 is 11.7 Å². The molecular weight excluding hydrogens is 263 g/mol. The molecule has 0 spiro atoms. The third kappa shape index (κ3) is 6.29. The molecule has 20 heavy (non-hydrogen) atoms. The van der Waals surface area contributed by atoms with E-state index in [-0.39, 0.29) is 24.6 Å². The average molecular weight is 282 g/mol. The van der Waals surface area contributed by atoms with Crippen LogP contribution in [0.5, 0.6) is 0 Å². The zero-order valence-corrected chi connectivity index (χ0v) is 11.2. The maximum Gasteiger partial charge on any atom is 0.251 e. The summed E-state index contributed by atoms with van der Waals surface area (Å²) in [5, 5.41) is 13.7. The number of unbranched alkanes of at least 4 members (excludes halogenated alkanes) is 2.